The van der Waals surface area contributed by atoms with E-state index in [2.05, 4.69) is 42.8 Å². The summed E-state index contributed by atoms with van der Waals surface area (Å²) < 4.78 is 7.67. The maximum atomic E-state index is 2.77. The molecule has 0 amide bonds. The molecule has 1 saturated carbocycles. The molecule has 0 saturated heterocycles. The van der Waals surface area contributed by atoms with Crippen LogP contribution in [0.2, 0.25) is 8.26 Å². The van der Waals surface area contributed by atoms with Gasteiger partial charge in [-0.1, -0.05) is 0 Å². The van der Waals surface area contributed by atoms with Gasteiger partial charge in [0, 0.05) is 0 Å². The van der Waals surface area contributed by atoms with Crippen molar-refractivity contribution in [3.05, 3.63) is 42.0 Å². The van der Waals surface area contributed by atoms with Crippen molar-refractivity contribution in [2.24, 2.45) is 0 Å². The van der Waals surface area contributed by atoms with Crippen molar-refractivity contribution in [3.8, 4) is 0 Å². The predicted molar refractivity (Wildman–Crippen MR) is 100 cm³/mol. The van der Waals surface area contributed by atoms with E-state index in [0.717, 1.165) is 3.63 Å². The van der Waals surface area contributed by atoms with Crippen molar-refractivity contribution in [1.82, 2.24) is 0 Å². The maximum absolute atomic E-state index is 2.77. The Morgan fingerprint density at radius 3 is 1.64 bits per heavy atom. The van der Waals surface area contributed by atoms with Crippen molar-refractivity contribution >= 4 is 24.8 Å². The van der Waals surface area contributed by atoms with E-state index in [0.29, 0.717) is 0 Å². The zero-order valence-corrected chi connectivity index (χ0v) is 18.2. The minimum Gasteiger partial charge on any atom is -0.147 e. The third kappa shape index (κ3) is 3.58. The summed E-state index contributed by atoms with van der Waals surface area (Å²) in [6.07, 6.45) is 19.6. The molecule has 0 nitrogen and oxygen atoms in total. The second-order valence-electron chi connectivity index (χ2n) is 7.07. The van der Waals surface area contributed by atoms with Gasteiger partial charge in [-0.3, -0.25) is 0 Å². The monoisotopic (exact) mass is 418 g/mol. The van der Waals surface area contributed by atoms with Crippen LogP contribution in [0.4, 0.5) is 0 Å². The van der Waals surface area contributed by atoms with Crippen molar-refractivity contribution in [2.45, 2.75) is 67.1 Å². The Kier molecular flexibility index (Phi) is 7.91. The van der Waals surface area contributed by atoms with Crippen LogP contribution in [0, 0.1) is 0 Å². The topological polar surface area (TPSA) is 0 Å². The zero-order valence-electron chi connectivity index (χ0n) is 14.2. The summed E-state index contributed by atoms with van der Waals surface area (Å²) >= 11 is -2.39. The summed E-state index contributed by atoms with van der Waals surface area (Å²) in [5.41, 5.74) is 3.25. The number of halogens is 2. The number of hydrogen-bond acceptors (Lipinski definition) is 0. The molecular formula is C19H30Cl2Zr. The molecular weight excluding hydrogens is 390 g/mol. The summed E-state index contributed by atoms with van der Waals surface area (Å²) in [6, 6.07) is 0. The summed E-state index contributed by atoms with van der Waals surface area (Å²) in [5.74, 6) is 0. The maximum Gasteiger partial charge on any atom is -0.147 e. The van der Waals surface area contributed by atoms with Gasteiger partial charge in [0.2, 0.25) is 0 Å². The quantitative estimate of drug-likeness (QED) is 0.451. The van der Waals surface area contributed by atoms with Crippen molar-refractivity contribution < 1.29 is 20.3 Å². The van der Waals surface area contributed by atoms with Crippen LogP contribution in [-0.4, -0.2) is 0 Å². The van der Waals surface area contributed by atoms with Crippen LogP contribution >= 0.6 is 24.8 Å². The summed E-state index contributed by atoms with van der Waals surface area (Å²) in [4.78, 5) is 0. The molecule has 0 aromatic carbocycles. The Labute approximate surface area is 153 Å². The second kappa shape index (κ2) is 8.50. The summed E-state index contributed by atoms with van der Waals surface area (Å²) in [5, 5.41) is 0. The van der Waals surface area contributed by atoms with Gasteiger partial charge < -0.3 is 0 Å². The van der Waals surface area contributed by atoms with E-state index in [9.17, 15) is 0 Å². The van der Waals surface area contributed by atoms with Crippen LogP contribution in [0.1, 0.15) is 58.8 Å². The summed E-state index contributed by atoms with van der Waals surface area (Å²) in [7, 11) is 0. The first kappa shape index (κ1) is 20.5. The SMILES string of the molecule is CC1=[C]([Zr]([CH3])([C]2=C(C)C=CC2)[CH]2CCCCC2)CC=C1.Cl.Cl. The van der Waals surface area contributed by atoms with Gasteiger partial charge in [-0.15, -0.1) is 24.8 Å². The van der Waals surface area contributed by atoms with Gasteiger partial charge in [-0.05, 0) is 0 Å². The van der Waals surface area contributed by atoms with Gasteiger partial charge in [0.05, 0.1) is 0 Å². The van der Waals surface area contributed by atoms with Crippen molar-refractivity contribution in [3.63, 3.8) is 0 Å². The first-order valence-corrected chi connectivity index (χ1v) is 14.7. The van der Waals surface area contributed by atoms with Gasteiger partial charge >= 0.3 is 129 Å². The van der Waals surface area contributed by atoms with E-state index in [1.54, 1.807) is 11.1 Å². The van der Waals surface area contributed by atoms with Gasteiger partial charge in [-0.2, -0.15) is 0 Å². The average molecular weight is 421 g/mol. The number of allylic oxidation sites excluding steroid dienone is 8. The molecule has 3 rings (SSSR count). The van der Waals surface area contributed by atoms with Crippen LogP contribution in [-0.2, 0) is 20.3 Å². The molecule has 0 bridgehead atoms. The van der Waals surface area contributed by atoms with Crippen LogP contribution in [0.3, 0.4) is 0 Å². The Hall–Kier alpha value is 0.423. The van der Waals surface area contributed by atoms with Crippen molar-refractivity contribution in [2.75, 3.05) is 0 Å². The Morgan fingerprint density at radius 1 is 0.818 bits per heavy atom. The van der Waals surface area contributed by atoms with E-state index >= 15 is 0 Å². The molecule has 0 aliphatic heterocycles. The molecule has 124 valence electrons. The molecule has 0 heterocycles. The molecule has 1 fully saturated rings. The van der Waals surface area contributed by atoms with Gasteiger partial charge in [-0.25, -0.2) is 0 Å². The van der Waals surface area contributed by atoms with E-state index in [1.165, 1.54) is 44.9 Å². The largest absolute Gasteiger partial charge is 0.147 e. The zero-order chi connectivity index (χ0) is 14.2. The minimum atomic E-state index is -2.39. The molecule has 0 atom stereocenters. The van der Waals surface area contributed by atoms with Gasteiger partial charge in [0.15, 0.2) is 0 Å². The third-order valence-electron chi connectivity index (χ3n) is 6.01. The first-order valence-electron chi connectivity index (χ1n) is 8.37. The Balaban J connectivity index is 0.00000121. The van der Waals surface area contributed by atoms with E-state index < -0.39 is 20.3 Å². The van der Waals surface area contributed by atoms with Crippen molar-refractivity contribution in [1.29, 1.82) is 0 Å². The molecule has 0 aromatic heterocycles. The summed E-state index contributed by atoms with van der Waals surface area (Å²) in [6.45, 7) is 4.74. The van der Waals surface area contributed by atoms with Crippen LogP contribution in [0.25, 0.3) is 0 Å². The minimum absolute atomic E-state index is 0. The van der Waals surface area contributed by atoms with Crippen LogP contribution in [0.5, 0.6) is 0 Å². The fraction of sp³-hybridized carbons (Fsp3) is 0.579. The molecule has 0 N–H and O–H groups in total. The fourth-order valence-electron chi connectivity index (χ4n) is 4.83. The molecule has 3 aliphatic carbocycles. The number of rotatable bonds is 3. The van der Waals surface area contributed by atoms with E-state index in [1.807, 2.05) is 6.56 Å². The molecule has 3 heteroatoms. The average Bonchev–Trinajstić information content (AvgIpc) is 3.08. The molecule has 0 aromatic rings. The normalized spacial score (nSPS) is 22.1. The smallest absolute Gasteiger partial charge is 0.147 e. The fourth-order valence-corrected chi connectivity index (χ4v) is 19.1. The first-order chi connectivity index (χ1) is 9.64. The Morgan fingerprint density at radius 2 is 1.27 bits per heavy atom. The van der Waals surface area contributed by atoms with E-state index in [4.69, 9.17) is 0 Å². The molecule has 0 radical (unpaired) electrons. The standard InChI is InChI=1S/2C6H7.C6H11.CH3.2ClH.Zr/c2*1-6-4-2-3-5-6;1-2-4-6-5-3-1;;;;/h2*2,4H,3H2,1H3;1H,2-6H2;1H3;2*1H;. The van der Waals surface area contributed by atoms with Crippen LogP contribution in [0.15, 0.2) is 42.0 Å². The second-order valence-corrected chi connectivity index (χ2v) is 18.0. The van der Waals surface area contributed by atoms with Gasteiger partial charge in [0.25, 0.3) is 0 Å². The molecule has 0 spiro atoms. The molecule has 0 unspecified atom stereocenters. The molecule has 3 aliphatic rings. The molecule has 22 heavy (non-hydrogen) atoms. The number of hydrogen-bond donors (Lipinski definition) is 0. The van der Waals surface area contributed by atoms with Gasteiger partial charge in [0.1, 0.15) is 0 Å². The third-order valence-corrected chi connectivity index (χ3v) is 20.5. The predicted octanol–water partition coefficient (Wildman–Crippen LogP) is 7.25. The van der Waals surface area contributed by atoms with Crippen LogP contribution < -0.4 is 0 Å². The Bertz CT molecular complexity index is 484. The van der Waals surface area contributed by atoms with E-state index in [-0.39, 0.29) is 24.8 Å².